The second kappa shape index (κ2) is 4.92. The highest BCUT2D eigenvalue weighted by atomic mass is 19.1. The largest absolute Gasteiger partial charge is 0.354 e. The van der Waals surface area contributed by atoms with Gasteiger partial charge in [0.25, 0.3) is 0 Å². The van der Waals surface area contributed by atoms with Gasteiger partial charge < -0.3 is 4.90 Å². The summed E-state index contributed by atoms with van der Waals surface area (Å²) in [5.74, 6) is 5.54. The normalized spacial score (nSPS) is 21.9. The lowest BCUT2D eigenvalue weighted by Crippen LogP contribution is -2.39. The Morgan fingerprint density at radius 2 is 1.89 bits per heavy atom. The van der Waals surface area contributed by atoms with Crippen LogP contribution in [0.25, 0.3) is 0 Å². The molecule has 1 aromatic heterocycles. The van der Waals surface area contributed by atoms with Crippen molar-refractivity contribution in [2.24, 2.45) is 11.3 Å². The average Bonchev–Trinajstić information content (AvgIpc) is 2.89. The van der Waals surface area contributed by atoms with Crippen molar-refractivity contribution in [3.63, 3.8) is 0 Å². The van der Waals surface area contributed by atoms with Gasteiger partial charge in [0.05, 0.1) is 6.20 Å². The van der Waals surface area contributed by atoms with Crippen molar-refractivity contribution in [3.05, 3.63) is 12.0 Å². The lowest BCUT2D eigenvalue weighted by atomic mass is 9.77. The van der Waals surface area contributed by atoms with Crippen LogP contribution >= 0.6 is 0 Å². The minimum atomic E-state index is -0.374. The Bertz CT molecular complexity index is 448. The van der Waals surface area contributed by atoms with Crippen LogP contribution in [-0.4, -0.2) is 23.1 Å². The first-order chi connectivity index (χ1) is 9.22. The number of nitrogens with two attached hydrogens (primary N) is 1. The van der Waals surface area contributed by atoms with Gasteiger partial charge in [0, 0.05) is 13.1 Å². The highest BCUT2D eigenvalue weighted by molar-refractivity contribution is 5.44. The molecule has 1 saturated heterocycles. The second-order valence-corrected chi connectivity index (χ2v) is 5.70. The van der Waals surface area contributed by atoms with Gasteiger partial charge in [0.15, 0.2) is 11.6 Å². The minimum Gasteiger partial charge on any atom is -0.354 e. The summed E-state index contributed by atoms with van der Waals surface area (Å²) >= 11 is 0. The molecule has 1 aliphatic heterocycles. The van der Waals surface area contributed by atoms with E-state index in [0.29, 0.717) is 11.2 Å². The van der Waals surface area contributed by atoms with Gasteiger partial charge in [-0.3, -0.25) is 5.43 Å². The summed E-state index contributed by atoms with van der Waals surface area (Å²) in [4.78, 5) is 9.92. The van der Waals surface area contributed by atoms with Gasteiger partial charge in [-0.25, -0.2) is 15.2 Å². The van der Waals surface area contributed by atoms with Crippen molar-refractivity contribution < 1.29 is 4.39 Å². The highest BCUT2D eigenvalue weighted by Crippen LogP contribution is 2.46. The minimum absolute atomic E-state index is 0.262. The maximum absolute atomic E-state index is 13.8. The van der Waals surface area contributed by atoms with Crippen LogP contribution < -0.4 is 16.2 Å². The van der Waals surface area contributed by atoms with E-state index in [4.69, 9.17) is 5.84 Å². The molecule has 2 heterocycles. The van der Waals surface area contributed by atoms with Crippen LogP contribution in [-0.2, 0) is 0 Å². The summed E-state index contributed by atoms with van der Waals surface area (Å²) in [5, 5.41) is 0. The number of rotatable bonds is 2. The SMILES string of the molecule is NNc1ncc(F)c(N2CCC3(CCCC3)CC2)n1. The number of nitrogens with zero attached hydrogens (tertiary/aromatic N) is 3. The lowest BCUT2D eigenvalue weighted by molar-refractivity contribution is 0.225. The number of hydrogen-bond donors (Lipinski definition) is 2. The third-order valence-electron chi connectivity index (χ3n) is 4.64. The first-order valence-corrected chi connectivity index (χ1v) is 6.97. The zero-order chi connectivity index (χ0) is 13.3. The quantitative estimate of drug-likeness (QED) is 0.633. The number of anilines is 2. The van der Waals surface area contributed by atoms with E-state index in [1.165, 1.54) is 31.9 Å². The number of hydrogen-bond acceptors (Lipinski definition) is 5. The summed E-state index contributed by atoms with van der Waals surface area (Å²) < 4.78 is 13.8. The number of nitrogens with one attached hydrogen (secondary N) is 1. The molecule has 1 aromatic rings. The van der Waals surface area contributed by atoms with Gasteiger partial charge in [-0.2, -0.15) is 4.98 Å². The fraction of sp³-hybridized carbons (Fsp3) is 0.692. The van der Waals surface area contributed by atoms with Crippen molar-refractivity contribution in [2.75, 3.05) is 23.4 Å². The standard InChI is InChI=1S/C13H20FN5/c14-10-9-16-12(18-15)17-11(10)19-7-5-13(6-8-19)3-1-2-4-13/h9H,1-8,15H2,(H,16,17,18). The van der Waals surface area contributed by atoms with Gasteiger partial charge >= 0.3 is 0 Å². The van der Waals surface area contributed by atoms with E-state index in [1.54, 1.807) is 0 Å². The van der Waals surface area contributed by atoms with Crippen LogP contribution in [0.15, 0.2) is 6.20 Å². The maximum atomic E-state index is 13.8. The van der Waals surface area contributed by atoms with E-state index in [9.17, 15) is 4.39 Å². The molecule has 1 aliphatic carbocycles. The molecule has 0 atom stereocenters. The molecule has 0 aromatic carbocycles. The van der Waals surface area contributed by atoms with Crippen LogP contribution in [0.5, 0.6) is 0 Å². The first kappa shape index (κ1) is 12.6. The predicted octanol–water partition coefficient (Wildman–Crippen LogP) is 2.06. The highest BCUT2D eigenvalue weighted by Gasteiger charge is 2.37. The topological polar surface area (TPSA) is 67.1 Å². The van der Waals surface area contributed by atoms with E-state index in [-0.39, 0.29) is 11.8 Å². The van der Waals surface area contributed by atoms with E-state index < -0.39 is 0 Å². The van der Waals surface area contributed by atoms with Crippen molar-refractivity contribution in [1.29, 1.82) is 0 Å². The van der Waals surface area contributed by atoms with Gasteiger partial charge in [0.2, 0.25) is 5.95 Å². The number of nitrogen functional groups attached to an aromatic ring is 1. The van der Waals surface area contributed by atoms with Crippen molar-refractivity contribution in [1.82, 2.24) is 9.97 Å². The molecule has 6 heteroatoms. The zero-order valence-electron chi connectivity index (χ0n) is 11.0. The lowest BCUT2D eigenvalue weighted by Gasteiger charge is -2.40. The van der Waals surface area contributed by atoms with Gasteiger partial charge in [-0.15, -0.1) is 0 Å². The second-order valence-electron chi connectivity index (χ2n) is 5.70. The summed E-state index contributed by atoms with van der Waals surface area (Å²) in [6.45, 7) is 1.75. The Morgan fingerprint density at radius 1 is 1.21 bits per heavy atom. The number of hydrazine groups is 1. The fourth-order valence-electron chi connectivity index (χ4n) is 3.47. The zero-order valence-corrected chi connectivity index (χ0v) is 11.0. The molecule has 1 saturated carbocycles. The van der Waals surface area contributed by atoms with Gasteiger partial charge in [0.1, 0.15) is 0 Å². The molecule has 0 bridgehead atoms. The molecule has 0 radical (unpaired) electrons. The molecule has 2 fully saturated rings. The Hall–Kier alpha value is -1.43. The molecular formula is C13H20FN5. The van der Waals surface area contributed by atoms with Crippen LogP contribution in [0, 0.1) is 11.2 Å². The van der Waals surface area contributed by atoms with Crippen LogP contribution in [0.2, 0.25) is 0 Å². The summed E-state index contributed by atoms with van der Waals surface area (Å²) in [7, 11) is 0. The molecule has 0 unspecified atom stereocenters. The Balaban J connectivity index is 1.74. The number of piperidine rings is 1. The average molecular weight is 265 g/mol. The van der Waals surface area contributed by atoms with E-state index in [2.05, 4.69) is 15.4 Å². The Morgan fingerprint density at radius 3 is 2.53 bits per heavy atom. The monoisotopic (exact) mass is 265 g/mol. The summed E-state index contributed by atoms with van der Waals surface area (Å²) in [6, 6.07) is 0. The smallest absolute Gasteiger partial charge is 0.239 e. The summed E-state index contributed by atoms with van der Waals surface area (Å²) in [6.07, 6.45) is 8.83. The van der Waals surface area contributed by atoms with Crippen molar-refractivity contribution in [2.45, 2.75) is 38.5 Å². The number of aromatic nitrogens is 2. The van der Waals surface area contributed by atoms with Gasteiger partial charge in [-0.05, 0) is 31.1 Å². The van der Waals surface area contributed by atoms with E-state index in [0.717, 1.165) is 25.9 Å². The Kier molecular flexibility index (Phi) is 3.26. The van der Waals surface area contributed by atoms with Crippen LogP contribution in [0.3, 0.4) is 0 Å². The molecule has 19 heavy (non-hydrogen) atoms. The summed E-state index contributed by atoms with van der Waals surface area (Å²) in [5.41, 5.74) is 2.89. The van der Waals surface area contributed by atoms with Crippen molar-refractivity contribution >= 4 is 11.8 Å². The Labute approximate surface area is 112 Å². The molecule has 0 amide bonds. The third-order valence-corrected chi connectivity index (χ3v) is 4.64. The molecule has 3 rings (SSSR count). The molecule has 1 spiro atoms. The van der Waals surface area contributed by atoms with Crippen LogP contribution in [0.1, 0.15) is 38.5 Å². The number of halogens is 1. The third kappa shape index (κ3) is 2.36. The van der Waals surface area contributed by atoms with Crippen LogP contribution in [0.4, 0.5) is 16.2 Å². The van der Waals surface area contributed by atoms with E-state index >= 15 is 0 Å². The fourth-order valence-corrected chi connectivity index (χ4v) is 3.47. The maximum Gasteiger partial charge on any atom is 0.239 e. The molecule has 2 aliphatic rings. The van der Waals surface area contributed by atoms with E-state index in [1.807, 2.05) is 4.90 Å². The first-order valence-electron chi connectivity index (χ1n) is 6.97. The van der Waals surface area contributed by atoms with Crippen molar-refractivity contribution in [3.8, 4) is 0 Å². The molecule has 104 valence electrons. The predicted molar refractivity (Wildman–Crippen MR) is 72.1 cm³/mol. The molecule has 5 nitrogen and oxygen atoms in total. The molecule has 3 N–H and O–H groups in total. The van der Waals surface area contributed by atoms with Gasteiger partial charge in [-0.1, -0.05) is 12.8 Å². The molecular weight excluding hydrogens is 245 g/mol.